The molecule has 1 aliphatic rings. The van der Waals surface area contributed by atoms with Gasteiger partial charge in [-0.2, -0.15) is 15.2 Å². The number of amides is 1. The molecule has 10 heteroatoms. The van der Waals surface area contributed by atoms with E-state index >= 15 is 0 Å². The van der Waals surface area contributed by atoms with Crippen LogP contribution in [0.1, 0.15) is 38.1 Å². The van der Waals surface area contributed by atoms with E-state index in [4.69, 9.17) is 4.74 Å². The van der Waals surface area contributed by atoms with Gasteiger partial charge in [0.1, 0.15) is 18.8 Å². The maximum atomic E-state index is 13.5. The van der Waals surface area contributed by atoms with Crippen LogP contribution in [-0.2, 0) is 4.74 Å². The summed E-state index contributed by atoms with van der Waals surface area (Å²) in [6, 6.07) is 8.11. The molecule has 166 valence electrons. The topological polar surface area (TPSA) is 106 Å². The van der Waals surface area contributed by atoms with Gasteiger partial charge in [0, 0.05) is 5.56 Å². The first-order chi connectivity index (χ1) is 15.3. The molecule has 1 aliphatic heterocycles. The first kappa shape index (κ1) is 21.5. The third-order valence-electron chi connectivity index (χ3n) is 5.38. The van der Waals surface area contributed by atoms with E-state index in [1.807, 2.05) is 32.9 Å². The number of aryl methyl sites for hydroxylation is 1. The van der Waals surface area contributed by atoms with Gasteiger partial charge in [-0.25, -0.2) is 24.1 Å². The molecule has 1 aromatic carbocycles. The van der Waals surface area contributed by atoms with Gasteiger partial charge in [0.15, 0.2) is 0 Å². The van der Waals surface area contributed by atoms with Crippen molar-refractivity contribution in [3.05, 3.63) is 53.7 Å². The van der Waals surface area contributed by atoms with Crippen LogP contribution in [0.4, 0.5) is 21.1 Å². The van der Waals surface area contributed by atoms with E-state index in [1.54, 1.807) is 19.1 Å². The maximum absolute atomic E-state index is 13.5. The van der Waals surface area contributed by atoms with Gasteiger partial charge in [0.25, 0.3) is 0 Å². The number of rotatable bonds is 6. The number of cyclic esters (lactones) is 1. The second-order valence-corrected chi connectivity index (χ2v) is 8.04. The smallest absolute Gasteiger partial charge is 0.417 e. The molecule has 1 amide bonds. The van der Waals surface area contributed by atoms with Crippen molar-refractivity contribution < 1.29 is 13.9 Å². The number of hydrogen-bond donors (Lipinski definition) is 1. The Bertz CT molecular complexity index is 1120. The number of nitrogens with zero attached hydrogens (tertiary/aromatic N) is 6. The zero-order chi connectivity index (χ0) is 22.8. The molecule has 0 saturated carbocycles. The summed E-state index contributed by atoms with van der Waals surface area (Å²) in [5.41, 5.74) is 2.67. The van der Waals surface area contributed by atoms with Crippen molar-refractivity contribution in [2.45, 2.75) is 39.8 Å². The molecule has 1 saturated heterocycles. The highest BCUT2D eigenvalue weighted by atomic mass is 19.1. The van der Waals surface area contributed by atoms with Crippen LogP contribution in [0.15, 0.2) is 36.7 Å². The quantitative estimate of drug-likeness (QED) is 0.618. The Balaban J connectivity index is 1.49. The van der Waals surface area contributed by atoms with Crippen molar-refractivity contribution in [1.29, 1.82) is 0 Å². The van der Waals surface area contributed by atoms with Crippen molar-refractivity contribution in [1.82, 2.24) is 25.1 Å². The van der Waals surface area contributed by atoms with Gasteiger partial charge in [0.2, 0.25) is 11.9 Å². The third-order valence-corrected chi connectivity index (χ3v) is 5.38. The largest absolute Gasteiger partial charge is 0.447 e. The van der Waals surface area contributed by atoms with Gasteiger partial charge >= 0.3 is 6.09 Å². The van der Waals surface area contributed by atoms with E-state index in [0.29, 0.717) is 29.5 Å². The van der Waals surface area contributed by atoms with E-state index in [1.165, 1.54) is 17.3 Å². The number of aromatic nitrogens is 5. The van der Waals surface area contributed by atoms with Crippen LogP contribution in [-0.4, -0.2) is 43.9 Å². The van der Waals surface area contributed by atoms with Crippen LogP contribution >= 0.6 is 0 Å². The van der Waals surface area contributed by atoms with E-state index in [2.05, 4.69) is 30.5 Å². The van der Waals surface area contributed by atoms with Gasteiger partial charge in [-0.3, -0.25) is 0 Å². The number of ether oxygens (including phenoxy) is 1. The van der Waals surface area contributed by atoms with Gasteiger partial charge in [0.05, 0.1) is 23.5 Å². The lowest BCUT2D eigenvalue weighted by Gasteiger charge is -2.22. The van der Waals surface area contributed by atoms with E-state index < -0.39 is 6.09 Å². The van der Waals surface area contributed by atoms with Crippen molar-refractivity contribution >= 4 is 18.0 Å². The zero-order valence-electron chi connectivity index (χ0n) is 18.3. The molecule has 0 bridgehead atoms. The second-order valence-electron chi connectivity index (χ2n) is 8.04. The summed E-state index contributed by atoms with van der Waals surface area (Å²) in [5, 5.41) is 11.7. The predicted octanol–water partition coefficient (Wildman–Crippen LogP) is 3.93. The fourth-order valence-corrected chi connectivity index (χ4v) is 3.43. The molecule has 1 fully saturated rings. The number of hydrogen-bond acceptors (Lipinski definition) is 8. The molecule has 0 spiro atoms. The summed E-state index contributed by atoms with van der Waals surface area (Å²) < 4.78 is 18.7. The van der Waals surface area contributed by atoms with Crippen LogP contribution in [0.25, 0.3) is 11.3 Å². The van der Waals surface area contributed by atoms with E-state index in [9.17, 15) is 9.18 Å². The Morgan fingerprint density at radius 1 is 1.16 bits per heavy atom. The van der Waals surface area contributed by atoms with Crippen LogP contribution in [0.3, 0.4) is 0 Å². The highest BCUT2D eigenvalue weighted by Crippen LogP contribution is 2.25. The predicted molar refractivity (Wildman–Crippen MR) is 116 cm³/mol. The van der Waals surface area contributed by atoms with Crippen molar-refractivity contribution in [3.8, 4) is 11.3 Å². The number of anilines is 2. The van der Waals surface area contributed by atoms with Crippen LogP contribution in [0.5, 0.6) is 0 Å². The first-order valence-corrected chi connectivity index (χ1v) is 10.3. The molecular weight excluding hydrogens is 413 g/mol. The maximum Gasteiger partial charge on any atom is 0.417 e. The Morgan fingerprint density at radius 3 is 2.66 bits per heavy atom. The molecule has 32 heavy (non-hydrogen) atoms. The lowest BCUT2D eigenvalue weighted by Crippen LogP contribution is -2.38. The average molecular weight is 437 g/mol. The van der Waals surface area contributed by atoms with Crippen molar-refractivity contribution in [2.75, 3.05) is 16.8 Å². The lowest BCUT2D eigenvalue weighted by molar-refractivity contribution is 0.177. The normalized spacial score (nSPS) is 16.9. The number of carbonyl (C=O) groups excluding carboxylic acids is 1. The third kappa shape index (κ3) is 4.34. The van der Waals surface area contributed by atoms with E-state index in [0.717, 1.165) is 5.56 Å². The molecule has 2 atom stereocenters. The molecule has 3 heterocycles. The number of nitrogens with one attached hydrogen (secondary N) is 1. The molecule has 1 N–H and O–H groups in total. The number of halogens is 1. The van der Waals surface area contributed by atoms with Crippen LogP contribution in [0.2, 0.25) is 0 Å². The molecule has 1 unspecified atom stereocenters. The molecule has 4 rings (SSSR count). The minimum atomic E-state index is -0.466. The number of carbonyl (C=O) groups is 1. The van der Waals surface area contributed by atoms with Gasteiger partial charge < -0.3 is 10.1 Å². The monoisotopic (exact) mass is 437 g/mol. The summed E-state index contributed by atoms with van der Waals surface area (Å²) >= 11 is 0. The minimum Gasteiger partial charge on any atom is -0.447 e. The van der Waals surface area contributed by atoms with Crippen LogP contribution in [0, 0.1) is 18.7 Å². The summed E-state index contributed by atoms with van der Waals surface area (Å²) in [6.07, 6.45) is 0.887. The lowest BCUT2D eigenvalue weighted by atomic mass is 10.1. The highest BCUT2D eigenvalue weighted by molar-refractivity contribution is 5.88. The molecule has 0 aliphatic carbocycles. The Morgan fingerprint density at radius 2 is 1.97 bits per heavy atom. The molecular formula is C22H24FN7O2. The molecule has 0 radical (unpaired) electrons. The van der Waals surface area contributed by atoms with E-state index in [-0.39, 0.29) is 29.8 Å². The van der Waals surface area contributed by atoms with Crippen molar-refractivity contribution in [3.63, 3.8) is 0 Å². The average Bonchev–Trinajstić information content (AvgIpc) is 3.18. The SMILES string of the molecule is Cc1cc(-c2ccc([C@H](C)Nc3ncnc(N4C(=O)OCC4C(C)C)n3)nn2)ccc1F. The summed E-state index contributed by atoms with van der Waals surface area (Å²) in [5.74, 6) is 0.482. The Kier molecular flexibility index (Phi) is 5.93. The Hall–Kier alpha value is -3.69. The highest BCUT2D eigenvalue weighted by Gasteiger charge is 2.38. The fourth-order valence-electron chi connectivity index (χ4n) is 3.43. The minimum absolute atomic E-state index is 0.135. The second kappa shape index (κ2) is 8.81. The van der Waals surface area contributed by atoms with Gasteiger partial charge in [-0.05, 0) is 55.7 Å². The fraction of sp³-hybridized carbons (Fsp3) is 0.364. The Labute approximate surface area is 185 Å². The molecule has 9 nitrogen and oxygen atoms in total. The van der Waals surface area contributed by atoms with Gasteiger partial charge in [-0.15, -0.1) is 0 Å². The summed E-state index contributed by atoms with van der Waals surface area (Å²) in [4.78, 5) is 26.3. The number of benzene rings is 1. The van der Waals surface area contributed by atoms with Crippen LogP contribution < -0.4 is 10.2 Å². The van der Waals surface area contributed by atoms with Crippen molar-refractivity contribution in [2.24, 2.45) is 5.92 Å². The first-order valence-electron chi connectivity index (χ1n) is 10.3. The zero-order valence-corrected chi connectivity index (χ0v) is 18.3. The standard InChI is InChI=1S/C22H24FN7O2/c1-12(2)19-10-32-22(31)30(19)21-25-11-24-20(27-21)26-14(4)17-7-8-18(29-28-17)15-5-6-16(23)13(3)9-15/h5-9,11-12,14,19H,10H2,1-4H3,(H,24,25,26,27)/t14-,19?/m0/s1. The molecule has 2 aromatic heterocycles. The summed E-state index contributed by atoms with van der Waals surface area (Å²) in [6.45, 7) is 7.93. The summed E-state index contributed by atoms with van der Waals surface area (Å²) in [7, 11) is 0. The van der Waals surface area contributed by atoms with Gasteiger partial charge in [-0.1, -0.05) is 13.8 Å². The molecule has 3 aromatic rings.